The van der Waals surface area contributed by atoms with Gasteiger partial charge >= 0.3 is 0 Å². The van der Waals surface area contributed by atoms with Gasteiger partial charge in [0.05, 0.1) is 0 Å². The van der Waals surface area contributed by atoms with Crippen LogP contribution in [0.4, 0.5) is 5.69 Å². The average Bonchev–Trinajstić information content (AvgIpc) is 2.32. The van der Waals surface area contributed by atoms with Crippen LogP contribution in [0.25, 0.3) is 0 Å². The second-order valence-electron chi connectivity index (χ2n) is 7.38. The molecule has 0 bridgehead atoms. The lowest BCUT2D eigenvalue weighted by atomic mass is 9.71. The summed E-state index contributed by atoms with van der Waals surface area (Å²) in [6, 6.07) is 7.37. The lowest BCUT2D eigenvalue weighted by Crippen LogP contribution is -2.31. The molecule has 1 saturated carbocycles. The first-order valence-corrected chi connectivity index (χ1v) is 7.70. The van der Waals surface area contributed by atoms with Crippen LogP contribution in [0.2, 0.25) is 0 Å². The van der Waals surface area contributed by atoms with E-state index in [4.69, 9.17) is 0 Å². The van der Waals surface area contributed by atoms with Gasteiger partial charge in [-0.25, -0.2) is 0 Å². The molecular formula is C18H29N. The van der Waals surface area contributed by atoms with Gasteiger partial charge in [0.15, 0.2) is 0 Å². The minimum Gasteiger partial charge on any atom is -0.382 e. The van der Waals surface area contributed by atoms with E-state index >= 15 is 0 Å². The zero-order valence-corrected chi connectivity index (χ0v) is 13.2. The van der Waals surface area contributed by atoms with Crippen LogP contribution in [0.3, 0.4) is 0 Å². The largest absolute Gasteiger partial charge is 0.382 e. The molecule has 1 aromatic rings. The van der Waals surface area contributed by atoms with Crippen molar-refractivity contribution in [3.63, 3.8) is 0 Å². The Morgan fingerprint density at radius 1 is 1.00 bits per heavy atom. The highest BCUT2D eigenvalue weighted by atomic mass is 14.9. The monoisotopic (exact) mass is 259 g/mol. The van der Waals surface area contributed by atoms with Gasteiger partial charge in [-0.15, -0.1) is 0 Å². The first-order valence-electron chi connectivity index (χ1n) is 7.70. The van der Waals surface area contributed by atoms with Gasteiger partial charge in [0.1, 0.15) is 0 Å². The Morgan fingerprint density at radius 2 is 1.63 bits per heavy atom. The predicted molar refractivity (Wildman–Crippen MR) is 84.7 cm³/mol. The average molecular weight is 259 g/mol. The zero-order valence-electron chi connectivity index (χ0n) is 13.2. The molecular weight excluding hydrogens is 230 g/mol. The molecule has 0 radical (unpaired) electrons. The maximum absolute atomic E-state index is 3.75. The quantitative estimate of drug-likeness (QED) is 0.758. The molecule has 1 aromatic carbocycles. The van der Waals surface area contributed by atoms with Crippen molar-refractivity contribution in [3.8, 4) is 0 Å². The van der Waals surface area contributed by atoms with Gasteiger partial charge < -0.3 is 5.32 Å². The van der Waals surface area contributed by atoms with Crippen molar-refractivity contribution in [2.75, 3.05) is 5.32 Å². The summed E-state index contributed by atoms with van der Waals surface area (Å²) in [5, 5.41) is 3.75. The Labute approximate surface area is 118 Å². The molecule has 0 atom stereocenters. The van der Waals surface area contributed by atoms with Crippen molar-refractivity contribution in [1.29, 1.82) is 0 Å². The van der Waals surface area contributed by atoms with E-state index in [1.54, 1.807) is 0 Å². The van der Waals surface area contributed by atoms with Crippen molar-refractivity contribution in [1.82, 2.24) is 0 Å². The van der Waals surface area contributed by atoms with Gasteiger partial charge in [0.25, 0.3) is 0 Å². The smallest absolute Gasteiger partial charge is 0.0372 e. The van der Waals surface area contributed by atoms with E-state index in [-0.39, 0.29) is 0 Å². The second-order valence-corrected chi connectivity index (χ2v) is 7.38. The lowest BCUT2D eigenvalue weighted by molar-refractivity contribution is 0.173. The molecule has 1 aliphatic carbocycles. The van der Waals surface area contributed by atoms with Crippen molar-refractivity contribution in [2.24, 2.45) is 11.3 Å². The number of anilines is 1. The Kier molecular flexibility index (Phi) is 4.23. The van der Waals surface area contributed by atoms with Crippen LogP contribution in [0.15, 0.2) is 18.2 Å². The summed E-state index contributed by atoms with van der Waals surface area (Å²) in [5.41, 5.74) is 4.52. The standard InChI is InChI=1S/C18H29N/c1-13-6-11-17(14(2)12-13)19-16-9-7-15(8-10-16)18(3,4)5/h6,11-12,15-16,19H,7-10H2,1-5H3. The molecule has 0 aromatic heterocycles. The fourth-order valence-corrected chi connectivity index (χ4v) is 3.30. The van der Waals surface area contributed by atoms with Crippen LogP contribution in [0.1, 0.15) is 57.6 Å². The molecule has 0 spiro atoms. The van der Waals surface area contributed by atoms with Gasteiger partial charge in [0.2, 0.25) is 0 Å². The Hall–Kier alpha value is -0.980. The molecule has 0 heterocycles. The zero-order chi connectivity index (χ0) is 14.0. The highest BCUT2D eigenvalue weighted by Crippen LogP contribution is 2.38. The van der Waals surface area contributed by atoms with E-state index < -0.39 is 0 Å². The molecule has 0 aliphatic heterocycles. The number of hydrogen-bond donors (Lipinski definition) is 1. The van der Waals surface area contributed by atoms with E-state index in [9.17, 15) is 0 Å². The minimum absolute atomic E-state index is 0.477. The summed E-state index contributed by atoms with van der Waals surface area (Å²) in [5.74, 6) is 0.893. The van der Waals surface area contributed by atoms with E-state index in [0.29, 0.717) is 11.5 Å². The molecule has 19 heavy (non-hydrogen) atoms. The van der Waals surface area contributed by atoms with E-state index in [0.717, 1.165) is 5.92 Å². The Balaban J connectivity index is 1.92. The van der Waals surface area contributed by atoms with Gasteiger partial charge in [-0.1, -0.05) is 38.5 Å². The maximum Gasteiger partial charge on any atom is 0.0372 e. The summed E-state index contributed by atoms with van der Waals surface area (Å²) in [6.45, 7) is 11.5. The number of aryl methyl sites for hydroxylation is 2. The van der Waals surface area contributed by atoms with Crippen LogP contribution in [0.5, 0.6) is 0 Å². The van der Waals surface area contributed by atoms with Crippen molar-refractivity contribution in [3.05, 3.63) is 29.3 Å². The third-order valence-electron chi connectivity index (χ3n) is 4.69. The Morgan fingerprint density at radius 3 is 2.16 bits per heavy atom. The number of benzene rings is 1. The van der Waals surface area contributed by atoms with Gasteiger partial charge in [-0.05, 0) is 62.5 Å². The fourth-order valence-electron chi connectivity index (χ4n) is 3.30. The Bertz CT molecular complexity index is 420. The highest BCUT2D eigenvalue weighted by molar-refractivity contribution is 5.52. The minimum atomic E-state index is 0.477. The van der Waals surface area contributed by atoms with Gasteiger partial charge in [-0.2, -0.15) is 0 Å². The van der Waals surface area contributed by atoms with Crippen LogP contribution in [-0.4, -0.2) is 6.04 Å². The van der Waals surface area contributed by atoms with Crippen molar-refractivity contribution in [2.45, 2.75) is 66.3 Å². The van der Waals surface area contributed by atoms with Crippen LogP contribution >= 0.6 is 0 Å². The molecule has 0 saturated heterocycles. The van der Waals surface area contributed by atoms with Crippen LogP contribution in [0, 0.1) is 25.2 Å². The molecule has 1 N–H and O–H groups in total. The third-order valence-corrected chi connectivity index (χ3v) is 4.69. The lowest BCUT2D eigenvalue weighted by Gasteiger charge is -2.37. The maximum atomic E-state index is 3.75. The van der Waals surface area contributed by atoms with Crippen molar-refractivity contribution >= 4 is 5.69 Å². The molecule has 2 rings (SSSR count). The summed E-state index contributed by atoms with van der Waals surface area (Å²) < 4.78 is 0. The molecule has 0 unspecified atom stereocenters. The number of hydrogen-bond acceptors (Lipinski definition) is 1. The first kappa shape index (κ1) is 14.4. The predicted octanol–water partition coefficient (Wildman–Crippen LogP) is 5.32. The van der Waals surface area contributed by atoms with E-state index in [2.05, 4.69) is 58.1 Å². The van der Waals surface area contributed by atoms with Crippen LogP contribution < -0.4 is 5.32 Å². The normalized spacial score (nSPS) is 24.3. The number of rotatable bonds is 2. The van der Waals surface area contributed by atoms with Crippen molar-refractivity contribution < 1.29 is 0 Å². The fraction of sp³-hybridized carbons (Fsp3) is 0.667. The molecule has 1 nitrogen and oxygen atoms in total. The molecule has 1 aliphatic rings. The summed E-state index contributed by atoms with van der Waals surface area (Å²) in [6.07, 6.45) is 5.36. The van der Waals surface area contributed by atoms with Gasteiger partial charge in [-0.3, -0.25) is 0 Å². The van der Waals surface area contributed by atoms with E-state index in [1.807, 2.05) is 0 Å². The van der Waals surface area contributed by atoms with Gasteiger partial charge in [0, 0.05) is 11.7 Å². The summed E-state index contributed by atoms with van der Waals surface area (Å²) in [7, 11) is 0. The molecule has 1 fully saturated rings. The topological polar surface area (TPSA) is 12.0 Å². The number of nitrogens with one attached hydrogen (secondary N) is 1. The molecule has 106 valence electrons. The summed E-state index contributed by atoms with van der Waals surface area (Å²) in [4.78, 5) is 0. The molecule has 0 amide bonds. The molecule has 1 heteroatoms. The highest BCUT2D eigenvalue weighted by Gasteiger charge is 2.29. The van der Waals surface area contributed by atoms with E-state index in [1.165, 1.54) is 42.5 Å². The van der Waals surface area contributed by atoms with Crippen LogP contribution in [-0.2, 0) is 0 Å². The second kappa shape index (κ2) is 5.56. The first-order chi connectivity index (χ1) is 8.86. The summed E-state index contributed by atoms with van der Waals surface area (Å²) >= 11 is 0. The SMILES string of the molecule is Cc1ccc(NC2CCC(C(C)(C)C)CC2)c(C)c1. The third kappa shape index (κ3) is 3.75.